The number of hydrogen-bond acceptors (Lipinski definition) is 3. The van der Waals surface area contributed by atoms with Crippen LogP contribution in [0.4, 0.5) is 0 Å². The van der Waals surface area contributed by atoms with Gasteiger partial charge in [0.05, 0.1) is 12.5 Å². The van der Waals surface area contributed by atoms with E-state index < -0.39 is 5.97 Å². The fourth-order valence-corrected chi connectivity index (χ4v) is 2.22. The Morgan fingerprint density at radius 2 is 1.95 bits per heavy atom. The van der Waals surface area contributed by atoms with Crippen molar-refractivity contribution >= 4 is 5.97 Å². The summed E-state index contributed by atoms with van der Waals surface area (Å²) in [6.07, 6.45) is 3.06. The monoisotopic (exact) mass is 293 g/mol. The van der Waals surface area contributed by atoms with Crippen molar-refractivity contribution in [3.63, 3.8) is 0 Å². The molecule has 1 aromatic rings. The number of benzene rings is 1. The molecule has 0 fully saturated rings. The SMILES string of the molecule is CCCN(CCCCOc1ccccc1)CC(C)C(=O)O. The van der Waals surface area contributed by atoms with Crippen LogP contribution < -0.4 is 4.74 Å². The highest BCUT2D eigenvalue weighted by Crippen LogP contribution is 2.09. The molecule has 0 aromatic heterocycles. The van der Waals surface area contributed by atoms with Gasteiger partial charge >= 0.3 is 5.97 Å². The number of unbranched alkanes of at least 4 members (excludes halogenated alkanes) is 1. The first kappa shape index (κ1) is 17.5. The molecular formula is C17H27NO3. The van der Waals surface area contributed by atoms with Gasteiger partial charge in [-0.2, -0.15) is 0 Å². The van der Waals surface area contributed by atoms with Crippen LogP contribution in [0.1, 0.15) is 33.1 Å². The van der Waals surface area contributed by atoms with Crippen molar-refractivity contribution in [2.45, 2.75) is 33.1 Å². The summed E-state index contributed by atoms with van der Waals surface area (Å²) in [5.74, 6) is -0.122. The highest BCUT2D eigenvalue weighted by atomic mass is 16.5. The zero-order valence-electron chi connectivity index (χ0n) is 13.1. The lowest BCUT2D eigenvalue weighted by Crippen LogP contribution is -2.33. The number of para-hydroxylation sites is 1. The van der Waals surface area contributed by atoms with E-state index in [4.69, 9.17) is 9.84 Å². The maximum Gasteiger partial charge on any atom is 0.307 e. The van der Waals surface area contributed by atoms with Crippen molar-refractivity contribution in [1.82, 2.24) is 4.90 Å². The van der Waals surface area contributed by atoms with Gasteiger partial charge in [-0.15, -0.1) is 0 Å². The third kappa shape index (κ3) is 7.71. The minimum Gasteiger partial charge on any atom is -0.494 e. The van der Waals surface area contributed by atoms with Crippen LogP contribution in [0, 0.1) is 5.92 Å². The maximum absolute atomic E-state index is 10.9. The van der Waals surface area contributed by atoms with Crippen molar-refractivity contribution < 1.29 is 14.6 Å². The smallest absolute Gasteiger partial charge is 0.307 e. The van der Waals surface area contributed by atoms with Gasteiger partial charge in [-0.3, -0.25) is 4.79 Å². The minimum absolute atomic E-state index is 0.308. The normalized spacial score (nSPS) is 12.3. The van der Waals surface area contributed by atoms with E-state index in [0.29, 0.717) is 13.2 Å². The molecule has 0 amide bonds. The average Bonchev–Trinajstić information content (AvgIpc) is 2.48. The Kier molecular flexibility index (Phi) is 8.51. The fraction of sp³-hybridized carbons (Fsp3) is 0.588. The molecule has 1 rings (SSSR count). The van der Waals surface area contributed by atoms with Crippen LogP contribution in [0.15, 0.2) is 30.3 Å². The Labute approximate surface area is 127 Å². The average molecular weight is 293 g/mol. The second-order valence-electron chi connectivity index (χ2n) is 5.41. The van der Waals surface area contributed by atoms with Gasteiger partial charge in [0.1, 0.15) is 5.75 Å². The minimum atomic E-state index is -0.719. The van der Waals surface area contributed by atoms with Gasteiger partial charge in [0.2, 0.25) is 0 Å². The van der Waals surface area contributed by atoms with Crippen LogP contribution in [0.25, 0.3) is 0 Å². The summed E-state index contributed by atoms with van der Waals surface area (Å²) in [7, 11) is 0. The summed E-state index contributed by atoms with van der Waals surface area (Å²) in [5.41, 5.74) is 0. The summed E-state index contributed by atoms with van der Waals surface area (Å²) in [5, 5.41) is 8.99. The lowest BCUT2D eigenvalue weighted by molar-refractivity contribution is -0.141. The molecule has 0 aliphatic heterocycles. The van der Waals surface area contributed by atoms with E-state index in [1.807, 2.05) is 30.3 Å². The largest absolute Gasteiger partial charge is 0.494 e. The number of carbonyl (C=O) groups is 1. The molecule has 118 valence electrons. The van der Waals surface area contributed by atoms with Crippen LogP contribution in [0.5, 0.6) is 5.75 Å². The first-order valence-corrected chi connectivity index (χ1v) is 7.76. The molecule has 21 heavy (non-hydrogen) atoms. The van der Waals surface area contributed by atoms with E-state index in [1.54, 1.807) is 6.92 Å². The number of carboxylic acid groups (broad SMARTS) is 1. The topological polar surface area (TPSA) is 49.8 Å². The lowest BCUT2D eigenvalue weighted by Gasteiger charge is -2.23. The van der Waals surface area contributed by atoms with Crippen LogP contribution >= 0.6 is 0 Å². The third-order valence-corrected chi connectivity index (χ3v) is 3.37. The molecule has 0 aliphatic carbocycles. The quantitative estimate of drug-likeness (QED) is 0.636. The summed E-state index contributed by atoms with van der Waals surface area (Å²) in [4.78, 5) is 13.2. The summed E-state index contributed by atoms with van der Waals surface area (Å²) in [6.45, 7) is 7.11. The molecule has 1 atom stereocenters. The second-order valence-corrected chi connectivity index (χ2v) is 5.41. The van der Waals surface area contributed by atoms with E-state index >= 15 is 0 Å². The van der Waals surface area contributed by atoms with E-state index in [0.717, 1.165) is 38.1 Å². The molecule has 4 heteroatoms. The van der Waals surface area contributed by atoms with E-state index in [-0.39, 0.29) is 5.92 Å². The van der Waals surface area contributed by atoms with Gasteiger partial charge in [0.25, 0.3) is 0 Å². The molecule has 0 bridgehead atoms. The Hall–Kier alpha value is -1.55. The zero-order chi connectivity index (χ0) is 15.5. The molecule has 0 aliphatic rings. The molecule has 4 nitrogen and oxygen atoms in total. The van der Waals surface area contributed by atoms with E-state index in [2.05, 4.69) is 11.8 Å². The van der Waals surface area contributed by atoms with Crippen molar-refractivity contribution in [1.29, 1.82) is 0 Å². The summed E-state index contributed by atoms with van der Waals surface area (Å²) < 4.78 is 5.65. The van der Waals surface area contributed by atoms with Gasteiger partial charge in [0, 0.05) is 6.54 Å². The number of ether oxygens (including phenoxy) is 1. The van der Waals surface area contributed by atoms with Gasteiger partial charge in [0.15, 0.2) is 0 Å². The molecule has 0 saturated carbocycles. The van der Waals surface area contributed by atoms with Gasteiger partial charge < -0.3 is 14.7 Å². The van der Waals surface area contributed by atoms with Crippen LogP contribution in [-0.4, -0.2) is 42.2 Å². The lowest BCUT2D eigenvalue weighted by atomic mass is 10.1. The van der Waals surface area contributed by atoms with E-state index in [9.17, 15) is 4.79 Å². The van der Waals surface area contributed by atoms with E-state index in [1.165, 1.54) is 0 Å². The summed E-state index contributed by atoms with van der Waals surface area (Å²) >= 11 is 0. The van der Waals surface area contributed by atoms with Crippen molar-refractivity contribution in [3.8, 4) is 5.75 Å². The molecule has 0 radical (unpaired) electrons. The molecular weight excluding hydrogens is 266 g/mol. The molecule has 1 N–H and O–H groups in total. The van der Waals surface area contributed by atoms with Crippen molar-refractivity contribution in [3.05, 3.63) is 30.3 Å². The van der Waals surface area contributed by atoms with Crippen LogP contribution in [-0.2, 0) is 4.79 Å². The number of nitrogens with zero attached hydrogens (tertiary/aromatic N) is 1. The molecule has 0 spiro atoms. The first-order valence-electron chi connectivity index (χ1n) is 7.76. The third-order valence-electron chi connectivity index (χ3n) is 3.37. The predicted octanol–water partition coefficient (Wildman–Crippen LogP) is 3.28. The van der Waals surface area contributed by atoms with Crippen LogP contribution in [0.2, 0.25) is 0 Å². The first-order chi connectivity index (χ1) is 10.1. The Bertz CT molecular complexity index is 394. The molecule has 0 saturated heterocycles. The van der Waals surface area contributed by atoms with Gasteiger partial charge in [-0.1, -0.05) is 32.0 Å². The fourth-order valence-electron chi connectivity index (χ4n) is 2.22. The van der Waals surface area contributed by atoms with Gasteiger partial charge in [-0.25, -0.2) is 0 Å². The Morgan fingerprint density at radius 1 is 1.24 bits per heavy atom. The number of carboxylic acids is 1. The molecule has 1 aromatic carbocycles. The maximum atomic E-state index is 10.9. The zero-order valence-corrected chi connectivity index (χ0v) is 13.1. The number of aliphatic carboxylic acids is 1. The summed E-state index contributed by atoms with van der Waals surface area (Å²) in [6, 6.07) is 9.81. The highest BCUT2D eigenvalue weighted by Gasteiger charge is 2.15. The standard InChI is InChI=1S/C17H27NO3/c1-3-11-18(14-15(2)17(19)20)12-7-8-13-21-16-9-5-4-6-10-16/h4-6,9-10,15H,3,7-8,11-14H2,1-2H3,(H,19,20). The van der Waals surface area contributed by atoms with Crippen LogP contribution in [0.3, 0.4) is 0 Å². The number of rotatable bonds is 11. The predicted molar refractivity (Wildman–Crippen MR) is 84.7 cm³/mol. The second kappa shape index (κ2) is 10.2. The molecule has 1 unspecified atom stereocenters. The Balaban J connectivity index is 2.19. The van der Waals surface area contributed by atoms with Crippen molar-refractivity contribution in [2.24, 2.45) is 5.92 Å². The van der Waals surface area contributed by atoms with Gasteiger partial charge in [-0.05, 0) is 44.5 Å². The number of hydrogen-bond donors (Lipinski definition) is 1. The highest BCUT2D eigenvalue weighted by molar-refractivity contribution is 5.69. The Morgan fingerprint density at radius 3 is 2.57 bits per heavy atom. The molecule has 0 heterocycles. The van der Waals surface area contributed by atoms with Crippen molar-refractivity contribution in [2.75, 3.05) is 26.2 Å².